The zero-order chi connectivity index (χ0) is 16.9. The van der Waals surface area contributed by atoms with Crippen LogP contribution in [-0.4, -0.2) is 29.2 Å². The number of methoxy groups -OCH3 is 2. The summed E-state index contributed by atoms with van der Waals surface area (Å²) in [5, 5.41) is 0.600. The van der Waals surface area contributed by atoms with Crippen molar-refractivity contribution in [3.05, 3.63) is 70.9 Å². The summed E-state index contributed by atoms with van der Waals surface area (Å²) in [5.74, 6) is 1.22. The summed E-state index contributed by atoms with van der Waals surface area (Å²) >= 11 is 6.54. The number of ether oxygens (including phenoxy) is 2. The Morgan fingerprint density at radius 1 is 1.12 bits per heavy atom. The molecule has 1 atom stereocenters. The molecule has 0 fully saturated rings. The van der Waals surface area contributed by atoms with E-state index >= 15 is 0 Å². The van der Waals surface area contributed by atoms with Crippen LogP contribution in [-0.2, 0) is 6.42 Å². The van der Waals surface area contributed by atoms with Gasteiger partial charge in [-0.1, -0.05) is 29.8 Å². The van der Waals surface area contributed by atoms with E-state index in [1.54, 1.807) is 26.7 Å². The van der Waals surface area contributed by atoms with Gasteiger partial charge in [0, 0.05) is 36.0 Å². The Labute approximate surface area is 145 Å². The predicted molar refractivity (Wildman–Crippen MR) is 92.9 cm³/mol. The van der Waals surface area contributed by atoms with E-state index < -0.39 is 0 Å². The third-order valence-electron chi connectivity index (χ3n) is 3.89. The van der Waals surface area contributed by atoms with Crippen LogP contribution in [0, 0.1) is 0 Å². The van der Waals surface area contributed by atoms with Crippen molar-refractivity contribution in [2.45, 2.75) is 12.3 Å². The maximum atomic E-state index is 6.54. The summed E-state index contributed by atoms with van der Waals surface area (Å²) in [6.07, 6.45) is 4.13. The van der Waals surface area contributed by atoms with Gasteiger partial charge in [-0.25, -0.2) is 9.97 Å². The number of nitrogens with one attached hydrogen (secondary N) is 1. The van der Waals surface area contributed by atoms with Crippen LogP contribution < -0.4 is 9.47 Å². The highest BCUT2D eigenvalue weighted by molar-refractivity contribution is 6.32. The van der Waals surface area contributed by atoms with Crippen LogP contribution in [0.1, 0.15) is 22.9 Å². The van der Waals surface area contributed by atoms with Gasteiger partial charge in [0.15, 0.2) is 0 Å². The Bertz CT molecular complexity index is 806. The molecule has 0 aliphatic rings. The van der Waals surface area contributed by atoms with E-state index in [9.17, 15) is 0 Å². The van der Waals surface area contributed by atoms with E-state index in [0.29, 0.717) is 23.1 Å². The van der Waals surface area contributed by atoms with Gasteiger partial charge in [0.1, 0.15) is 5.75 Å². The van der Waals surface area contributed by atoms with Gasteiger partial charge in [0.05, 0.1) is 25.6 Å². The van der Waals surface area contributed by atoms with Crippen LogP contribution >= 0.6 is 11.6 Å². The number of hydrogen-bond donors (Lipinski definition) is 1. The van der Waals surface area contributed by atoms with E-state index in [1.807, 2.05) is 36.4 Å². The molecule has 2 aromatic heterocycles. The zero-order valence-corrected chi connectivity index (χ0v) is 14.2. The second-order valence-electron chi connectivity index (χ2n) is 5.30. The minimum absolute atomic E-state index is 0.0188. The number of rotatable bonds is 6. The van der Waals surface area contributed by atoms with Crippen molar-refractivity contribution < 1.29 is 9.47 Å². The molecule has 1 aromatic carbocycles. The average Bonchev–Trinajstić information content (AvgIpc) is 3.15. The Morgan fingerprint density at radius 2 is 1.96 bits per heavy atom. The van der Waals surface area contributed by atoms with Crippen molar-refractivity contribution in [2.75, 3.05) is 14.2 Å². The molecule has 0 aliphatic carbocycles. The lowest BCUT2D eigenvalue weighted by atomic mass is 9.91. The third kappa shape index (κ3) is 3.36. The number of nitrogens with zero attached hydrogens (tertiary/aromatic N) is 2. The van der Waals surface area contributed by atoms with Crippen molar-refractivity contribution in [1.29, 1.82) is 0 Å². The third-order valence-corrected chi connectivity index (χ3v) is 4.29. The lowest BCUT2D eigenvalue weighted by Crippen LogP contribution is -2.08. The van der Waals surface area contributed by atoms with E-state index in [1.165, 1.54) is 0 Å². The van der Waals surface area contributed by atoms with E-state index in [0.717, 1.165) is 17.0 Å². The molecule has 24 heavy (non-hydrogen) atoms. The second-order valence-corrected chi connectivity index (χ2v) is 5.68. The average molecular weight is 344 g/mol. The smallest absolute Gasteiger partial charge is 0.213 e. The highest BCUT2D eigenvalue weighted by atomic mass is 35.5. The molecular formula is C18H18ClN3O2. The Morgan fingerprint density at radius 3 is 2.67 bits per heavy atom. The molecule has 0 amide bonds. The van der Waals surface area contributed by atoms with E-state index in [2.05, 4.69) is 15.0 Å². The molecule has 0 aliphatic heterocycles. The maximum absolute atomic E-state index is 6.54. The number of imidazole rings is 1. The molecule has 1 unspecified atom stereocenters. The number of halogens is 1. The second kappa shape index (κ2) is 7.36. The molecule has 2 heterocycles. The summed E-state index contributed by atoms with van der Waals surface area (Å²) in [4.78, 5) is 11.8. The summed E-state index contributed by atoms with van der Waals surface area (Å²) in [5.41, 5.74) is 2.84. The summed E-state index contributed by atoms with van der Waals surface area (Å²) < 4.78 is 10.6. The Hall–Kier alpha value is -2.53. The molecule has 0 saturated heterocycles. The summed E-state index contributed by atoms with van der Waals surface area (Å²) in [6, 6.07) is 11.5. The van der Waals surface area contributed by atoms with Gasteiger partial charge < -0.3 is 14.5 Å². The van der Waals surface area contributed by atoms with Crippen molar-refractivity contribution in [3.63, 3.8) is 0 Å². The first-order valence-corrected chi connectivity index (χ1v) is 7.91. The molecule has 0 bridgehead atoms. The fourth-order valence-electron chi connectivity index (χ4n) is 2.69. The van der Waals surface area contributed by atoms with Crippen LogP contribution in [0.25, 0.3) is 0 Å². The van der Waals surface area contributed by atoms with Gasteiger partial charge in [0.25, 0.3) is 0 Å². The van der Waals surface area contributed by atoms with Gasteiger partial charge in [-0.15, -0.1) is 0 Å². The first kappa shape index (κ1) is 16.3. The highest BCUT2D eigenvalue weighted by Gasteiger charge is 2.21. The van der Waals surface area contributed by atoms with Crippen LogP contribution in [0.5, 0.6) is 11.6 Å². The minimum Gasteiger partial charge on any atom is -0.495 e. The Balaban J connectivity index is 2.02. The summed E-state index contributed by atoms with van der Waals surface area (Å²) in [6.45, 7) is 0. The fraction of sp³-hybridized carbons (Fsp3) is 0.222. The van der Waals surface area contributed by atoms with Crippen LogP contribution in [0.3, 0.4) is 0 Å². The predicted octanol–water partition coefficient (Wildman–Crippen LogP) is 3.85. The SMILES string of the molecule is COc1cccc(CC(c2cnc[nH]2)c2cccc(OC)c2Cl)n1. The fourth-order valence-corrected chi connectivity index (χ4v) is 3.03. The molecule has 124 valence electrons. The number of H-pyrrole nitrogens is 1. The van der Waals surface area contributed by atoms with Crippen LogP contribution in [0.4, 0.5) is 0 Å². The lowest BCUT2D eigenvalue weighted by Gasteiger charge is -2.18. The van der Waals surface area contributed by atoms with E-state index in [-0.39, 0.29) is 5.92 Å². The molecule has 3 aromatic rings. The number of hydrogen-bond acceptors (Lipinski definition) is 4. The normalized spacial score (nSPS) is 12.0. The van der Waals surface area contributed by atoms with Gasteiger partial charge in [-0.3, -0.25) is 0 Å². The molecule has 0 radical (unpaired) electrons. The van der Waals surface area contributed by atoms with Crippen molar-refractivity contribution in [3.8, 4) is 11.6 Å². The standard InChI is InChI=1S/C18H18ClN3O2/c1-23-16-7-4-6-13(18(16)19)14(15-10-20-11-21-15)9-12-5-3-8-17(22-12)24-2/h3-8,10-11,14H,9H2,1-2H3,(H,20,21). The summed E-state index contributed by atoms with van der Waals surface area (Å²) in [7, 11) is 3.22. The van der Waals surface area contributed by atoms with Gasteiger partial charge in [-0.05, 0) is 17.7 Å². The van der Waals surface area contributed by atoms with Gasteiger partial charge in [-0.2, -0.15) is 0 Å². The van der Waals surface area contributed by atoms with Crippen molar-refractivity contribution in [1.82, 2.24) is 15.0 Å². The molecule has 3 rings (SSSR count). The van der Waals surface area contributed by atoms with Crippen LogP contribution in [0.2, 0.25) is 5.02 Å². The molecular weight excluding hydrogens is 326 g/mol. The van der Waals surface area contributed by atoms with Crippen LogP contribution in [0.15, 0.2) is 48.9 Å². The lowest BCUT2D eigenvalue weighted by molar-refractivity contribution is 0.396. The van der Waals surface area contributed by atoms with E-state index in [4.69, 9.17) is 21.1 Å². The number of benzene rings is 1. The maximum Gasteiger partial charge on any atom is 0.213 e. The minimum atomic E-state index is -0.0188. The number of pyridine rings is 1. The van der Waals surface area contributed by atoms with Crippen molar-refractivity contribution in [2.24, 2.45) is 0 Å². The highest BCUT2D eigenvalue weighted by Crippen LogP contribution is 2.37. The Kier molecular flexibility index (Phi) is 5.01. The molecule has 5 nitrogen and oxygen atoms in total. The molecule has 6 heteroatoms. The largest absolute Gasteiger partial charge is 0.495 e. The van der Waals surface area contributed by atoms with Gasteiger partial charge in [0.2, 0.25) is 5.88 Å². The zero-order valence-electron chi connectivity index (χ0n) is 13.5. The number of aromatic nitrogens is 3. The topological polar surface area (TPSA) is 60.0 Å². The monoisotopic (exact) mass is 343 g/mol. The quantitative estimate of drug-likeness (QED) is 0.738. The first-order chi connectivity index (χ1) is 11.7. The van der Waals surface area contributed by atoms with Crippen molar-refractivity contribution >= 4 is 11.6 Å². The molecule has 0 saturated carbocycles. The first-order valence-electron chi connectivity index (χ1n) is 7.53. The van der Waals surface area contributed by atoms with Gasteiger partial charge >= 0.3 is 0 Å². The number of aromatic amines is 1. The molecule has 0 spiro atoms. The molecule has 1 N–H and O–H groups in total.